The van der Waals surface area contributed by atoms with Crippen molar-refractivity contribution in [2.75, 3.05) is 0 Å². The molecule has 0 aromatic heterocycles. The molecule has 5 heteroatoms. The fourth-order valence-corrected chi connectivity index (χ4v) is 2.45. The van der Waals surface area contributed by atoms with E-state index in [1.807, 2.05) is 0 Å². The molecule has 1 fully saturated rings. The van der Waals surface area contributed by atoms with E-state index in [4.69, 9.17) is 33.7 Å². The van der Waals surface area contributed by atoms with E-state index in [9.17, 15) is 4.79 Å². The third-order valence-electron chi connectivity index (χ3n) is 3.08. The van der Waals surface area contributed by atoms with Crippen molar-refractivity contribution in [2.45, 2.75) is 31.3 Å². The average molecular weight is 274 g/mol. The SMILES string of the molecule is NC(=O)C1(Oc2cccc(Cl)c2Cl)CCCC1. The summed E-state index contributed by atoms with van der Waals surface area (Å²) in [6.07, 6.45) is 3.12. The molecule has 17 heavy (non-hydrogen) atoms. The summed E-state index contributed by atoms with van der Waals surface area (Å²) < 4.78 is 5.75. The second-order valence-corrected chi connectivity index (χ2v) is 5.00. The van der Waals surface area contributed by atoms with E-state index in [0.29, 0.717) is 28.6 Å². The maximum Gasteiger partial charge on any atom is 0.261 e. The molecule has 1 aromatic carbocycles. The summed E-state index contributed by atoms with van der Waals surface area (Å²) in [7, 11) is 0. The normalized spacial score (nSPS) is 18.0. The molecule has 0 saturated heterocycles. The number of benzene rings is 1. The van der Waals surface area contributed by atoms with Gasteiger partial charge < -0.3 is 10.5 Å². The van der Waals surface area contributed by atoms with Gasteiger partial charge >= 0.3 is 0 Å². The van der Waals surface area contributed by atoms with Crippen LogP contribution in [0.4, 0.5) is 0 Å². The van der Waals surface area contributed by atoms with Crippen molar-refractivity contribution in [1.29, 1.82) is 0 Å². The maximum absolute atomic E-state index is 11.5. The molecule has 0 unspecified atom stereocenters. The van der Waals surface area contributed by atoms with E-state index in [1.165, 1.54) is 0 Å². The van der Waals surface area contributed by atoms with Gasteiger partial charge in [-0.2, -0.15) is 0 Å². The van der Waals surface area contributed by atoms with Crippen molar-refractivity contribution in [3.63, 3.8) is 0 Å². The summed E-state index contributed by atoms with van der Waals surface area (Å²) in [5, 5.41) is 0.725. The molecule has 0 heterocycles. The van der Waals surface area contributed by atoms with Gasteiger partial charge in [-0.3, -0.25) is 4.79 Å². The lowest BCUT2D eigenvalue weighted by molar-refractivity contribution is -0.132. The Kier molecular flexibility index (Phi) is 3.50. The Bertz CT molecular complexity index is 442. The number of primary amides is 1. The quantitative estimate of drug-likeness (QED) is 0.920. The topological polar surface area (TPSA) is 52.3 Å². The van der Waals surface area contributed by atoms with Gasteiger partial charge in [-0.1, -0.05) is 29.3 Å². The largest absolute Gasteiger partial charge is 0.476 e. The number of nitrogens with two attached hydrogens (primary N) is 1. The molecular weight excluding hydrogens is 261 g/mol. The summed E-state index contributed by atoms with van der Waals surface area (Å²) in [6.45, 7) is 0. The predicted octanol–water partition coefficient (Wildman–Crippen LogP) is 3.17. The van der Waals surface area contributed by atoms with Gasteiger partial charge in [-0.05, 0) is 37.8 Å². The third-order valence-corrected chi connectivity index (χ3v) is 3.88. The molecule has 0 radical (unpaired) electrons. The van der Waals surface area contributed by atoms with Crippen LogP contribution in [0.15, 0.2) is 18.2 Å². The highest BCUT2D eigenvalue weighted by atomic mass is 35.5. The van der Waals surface area contributed by atoms with Crippen LogP contribution in [0.25, 0.3) is 0 Å². The first-order valence-corrected chi connectivity index (χ1v) is 6.24. The van der Waals surface area contributed by atoms with Crippen LogP contribution >= 0.6 is 23.2 Å². The van der Waals surface area contributed by atoms with E-state index in [0.717, 1.165) is 12.8 Å². The van der Waals surface area contributed by atoms with Crippen molar-refractivity contribution in [3.05, 3.63) is 28.2 Å². The minimum atomic E-state index is -0.922. The lowest BCUT2D eigenvalue weighted by atomic mass is 10.0. The second kappa shape index (κ2) is 4.75. The Morgan fingerprint density at radius 2 is 1.94 bits per heavy atom. The number of rotatable bonds is 3. The van der Waals surface area contributed by atoms with Gasteiger partial charge in [0.1, 0.15) is 10.8 Å². The fourth-order valence-electron chi connectivity index (χ4n) is 2.12. The number of carbonyl (C=O) groups is 1. The van der Waals surface area contributed by atoms with Crippen LogP contribution in [0.1, 0.15) is 25.7 Å². The van der Waals surface area contributed by atoms with E-state index in [1.54, 1.807) is 18.2 Å². The number of hydrogen-bond acceptors (Lipinski definition) is 2. The minimum Gasteiger partial charge on any atom is -0.476 e. The number of amides is 1. The van der Waals surface area contributed by atoms with Crippen LogP contribution in [-0.2, 0) is 4.79 Å². The zero-order valence-electron chi connectivity index (χ0n) is 9.21. The predicted molar refractivity (Wildman–Crippen MR) is 67.5 cm³/mol. The van der Waals surface area contributed by atoms with Gasteiger partial charge in [-0.15, -0.1) is 0 Å². The molecular formula is C12H13Cl2NO2. The Morgan fingerprint density at radius 1 is 1.29 bits per heavy atom. The molecule has 1 saturated carbocycles. The molecule has 2 N–H and O–H groups in total. The van der Waals surface area contributed by atoms with Crippen LogP contribution < -0.4 is 10.5 Å². The third kappa shape index (κ3) is 2.35. The molecule has 0 aliphatic heterocycles. The summed E-state index contributed by atoms with van der Waals surface area (Å²) in [4.78, 5) is 11.5. The molecule has 0 spiro atoms. The number of hydrogen-bond donors (Lipinski definition) is 1. The molecule has 1 aliphatic rings. The standard InChI is InChI=1S/C12H13Cl2NO2/c13-8-4-3-5-9(10(8)14)17-12(11(15)16)6-1-2-7-12/h3-5H,1-2,6-7H2,(H2,15,16). The molecule has 1 aliphatic carbocycles. The highest BCUT2D eigenvalue weighted by Gasteiger charge is 2.42. The molecule has 0 bridgehead atoms. The number of halogens is 2. The number of ether oxygens (including phenoxy) is 1. The summed E-state index contributed by atoms with van der Waals surface area (Å²) in [6, 6.07) is 5.09. The first-order valence-electron chi connectivity index (χ1n) is 5.48. The van der Waals surface area contributed by atoms with Crippen LogP contribution in [-0.4, -0.2) is 11.5 Å². The molecule has 0 atom stereocenters. The fraction of sp³-hybridized carbons (Fsp3) is 0.417. The first-order chi connectivity index (χ1) is 8.05. The Labute approximate surface area is 110 Å². The molecule has 2 rings (SSSR count). The van der Waals surface area contributed by atoms with E-state index >= 15 is 0 Å². The Hall–Kier alpha value is -0.930. The first kappa shape index (κ1) is 12.5. The van der Waals surface area contributed by atoms with E-state index in [-0.39, 0.29) is 0 Å². The van der Waals surface area contributed by atoms with Crippen LogP contribution in [0.3, 0.4) is 0 Å². The van der Waals surface area contributed by atoms with Crippen molar-refractivity contribution in [2.24, 2.45) is 5.73 Å². The zero-order valence-corrected chi connectivity index (χ0v) is 10.7. The van der Waals surface area contributed by atoms with Gasteiger partial charge in [0, 0.05) is 0 Å². The highest BCUT2D eigenvalue weighted by molar-refractivity contribution is 6.42. The van der Waals surface area contributed by atoms with Gasteiger partial charge in [0.2, 0.25) is 0 Å². The monoisotopic (exact) mass is 273 g/mol. The van der Waals surface area contributed by atoms with Crippen LogP contribution in [0.2, 0.25) is 10.0 Å². The van der Waals surface area contributed by atoms with Gasteiger partial charge in [-0.25, -0.2) is 0 Å². The Morgan fingerprint density at radius 3 is 2.53 bits per heavy atom. The summed E-state index contributed by atoms with van der Waals surface area (Å²) in [5.41, 5.74) is 4.51. The second-order valence-electron chi connectivity index (χ2n) is 4.22. The van der Waals surface area contributed by atoms with Gasteiger partial charge in [0.05, 0.1) is 5.02 Å². The molecule has 1 amide bonds. The highest BCUT2D eigenvalue weighted by Crippen LogP contribution is 2.39. The van der Waals surface area contributed by atoms with Crippen LogP contribution in [0, 0.1) is 0 Å². The van der Waals surface area contributed by atoms with E-state index < -0.39 is 11.5 Å². The molecule has 92 valence electrons. The maximum atomic E-state index is 11.5. The lowest BCUT2D eigenvalue weighted by Crippen LogP contribution is -2.46. The number of carbonyl (C=O) groups excluding carboxylic acids is 1. The van der Waals surface area contributed by atoms with Gasteiger partial charge in [0.15, 0.2) is 5.60 Å². The van der Waals surface area contributed by atoms with E-state index in [2.05, 4.69) is 0 Å². The van der Waals surface area contributed by atoms with Crippen molar-refractivity contribution in [1.82, 2.24) is 0 Å². The molecule has 1 aromatic rings. The minimum absolute atomic E-state index is 0.321. The summed E-state index contributed by atoms with van der Waals surface area (Å²) >= 11 is 11.9. The van der Waals surface area contributed by atoms with Crippen molar-refractivity contribution >= 4 is 29.1 Å². The van der Waals surface area contributed by atoms with Crippen LogP contribution in [0.5, 0.6) is 5.75 Å². The van der Waals surface area contributed by atoms with Crippen molar-refractivity contribution in [3.8, 4) is 5.75 Å². The molecule has 3 nitrogen and oxygen atoms in total. The zero-order chi connectivity index (χ0) is 12.5. The Balaban J connectivity index is 2.30. The average Bonchev–Trinajstić information content (AvgIpc) is 2.75. The smallest absolute Gasteiger partial charge is 0.261 e. The summed E-state index contributed by atoms with van der Waals surface area (Å²) in [5.74, 6) is -0.0223. The van der Waals surface area contributed by atoms with Gasteiger partial charge in [0.25, 0.3) is 5.91 Å². The van der Waals surface area contributed by atoms with Crippen molar-refractivity contribution < 1.29 is 9.53 Å². The lowest BCUT2D eigenvalue weighted by Gasteiger charge is -2.27.